The van der Waals surface area contributed by atoms with E-state index in [1.54, 1.807) is 13.2 Å². The van der Waals surface area contributed by atoms with Crippen LogP contribution in [0.3, 0.4) is 0 Å². The number of fused-ring (bicyclic) bond motifs is 1. The molecule has 0 amide bonds. The Morgan fingerprint density at radius 3 is 2.88 bits per heavy atom. The molecule has 16 heavy (non-hydrogen) atoms. The molecule has 0 bridgehead atoms. The monoisotopic (exact) mass is 300 g/mol. The van der Waals surface area contributed by atoms with Gasteiger partial charge >= 0.3 is 0 Å². The summed E-state index contributed by atoms with van der Waals surface area (Å²) in [6, 6.07) is 9.64. The minimum atomic E-state index is 0.218. The summed E-state index contributed by atoms with van der Waals surface area (Å²) in [6.45, 7) is 0.218. The number of hydrogen-bond donors (Lipinski definition) is 0. The van der Waals surface area contributed by atoms with E-state index in [2.05, 4.69) is 15.9 Å². The Morgan fingerprint density at radius 2 is 2.12 bits per heavy atom. The van der Waals surface area contributed by atoms with Gasteiger partial charge in [0.05, 0.1) is 5.02 Å². The lowest BCUT2D eigenvalue weighted by molar-refractivity contribution is 0.0512. The molecule has 0 atom stereocenters. The average molecular weight is 302 g/mol. The van der Waals surface area contributed by atoms with Crippen molar-refractivity contribution in [1.29, 1.82) is 0 Å². The molecule has 0 spiro atoms. The minimum Gasteiger partial charge on any atom is -0.467 e. The molecule has 0 saturated carbocycles. The van der Waals surface area contributed by atoms with E-state index in [0.717, 1.165) is 15.2 Å². The highest BCUT2D eigenvalue weighted by atomic mass is 79.9. The molecular formula is C12H10BrClO2. The van der Waals surface area contributed by atoms with Gasteiger partial charge in [-0.1, -0.05) is 39.7 Å². The van der Waals surface area contributed by atoms with E-state index in [9.17, 15) is 0 Å². The van der Waals surface area contributed by atoms with E-state index >= 15 is 0 Å². The van der Waals surface area contributed by atoms with E-state index in [0.29, 0.717) is 10.8 Å². The van der Waals surface area contributed by atoms with Crippen molar-refractivity contribution in [3.05, 3.63) is 39.8 Å². The van der Waals surface area contributed by atoms with Crippen LogP contribution >= 0.6 is 27.5 Å². The number of hydrogen-bond acceptors (Lipinski definition) is 2. The lowest BCUT2D eigenvalue weighted by Crippen LogP contribution is -1.98. The molecule has 2 aromatic carbocycles. The van der Waals surface area contributed by atoms with Gasteiger partial charge in [-0.2, -0.15) is 0 Å². The summed E-state index contributed by atoms with van der Waals surface area (Å²) in [7, 11) is 1.58. The number of benzene rings is 2. The molecule has 4 heteroatoms. The fourth-order valence-corrected chi connectivity index (χ4v) is 2.54. The van der Waals surface area contributed by atoms with Gasteiger partial charge in [-0.3, -0.25) is 0 Å². The fraction of sp³-hybridized carbons (Fsp3) is 0.167. The Morgan fingerprint density at radius 1 is 1.31 bits per heavy atom. The van der Waals surface area contributed by atoms with Crippen LogP contribution in [0, 0.1) is 0 Å². The summed E-state index contributed by atoms with van der Waals surface area (Å²) < 4.78 is 11.2. The Labute approximate surface area is 107 Å². The molecule has 0 heterocycles. The first-order valence-corrected chi connectivity index (χ1v) is 5.89. The van der Waals surface area contributed by atoms with Crippen LogP contribution in [0.15, 0.2) is 34.8 Å². The fourth-order valence-electron chi connectivity index (χ4n) is 1.52. The van der Waals surface area contributed by atoms with Crippen molar-refractivity contribution in [2.75, 3.05) is 13.9 Å². The lowest BCUT2D eigenvalue weighted by Gasteiger charge is -2.08. The van der Waals surface area contributed by atoms with E-state index in [4.69, 9.17) is 21.1 Å². The predicted octanol–water partition coefficient (Wildman–Crippen LogP) is 4.24. The van der Waals surface area contributed by atoms with Gasteiger partial charge in [-0.25, -0.2) is 0 Å². The van der Waals surface area contributed by atoms with Crippen molar-refractivity contribution in [2.24, 2.45) is 0 Å². The topological polar surface area (TPSA) is 18.5 Å². The lowest BCUT2D eigenvalue weighted by atomic mass is 10.1. The van der Waals surface area contributed by atoms with Crippen molar-refractivity contribution >= 4 is 38.3 Å². The van der Waals surface area contributed by atoms with E-state index in [1.165, 1.54) is 0 Å². The van der Waals surface area contributed by atoms with Crippen LogP contribution in [0.25, 0.3) is 10.8 Å². The molecule has 0 aliphatic carbocycles. The summed E-state index contributed by atoms with van der Waals surface area (Å²) >= 11 is 9.67. The van der Waals surface area contributed by atoms with Gasteiger partial charge < -0.3 is 9.47 Å². The zero-order valence-corrected chi connectivity index (χ0v) is 11.0. The Hall–Kier alpha value is -0.770. The quantitative estimate of drug-likeness (QED) is 0.790. The van der Waals surface area contributed by atoms with Gasteiger partial charge in [0.1, 0.15) is 5.75 Å². The number of halogens is 2. The second-order valence-corrected chi connectivity index (χ2v) is 4.56. The highest BCUT2D eigenvalue weighted by Gasteiger charge is 2.06. The number of ether oxygens (including phenoxy) is 2. The molecule has 2 aromatic rings. The smallest absolute Gasteiger partial charge is 0.188 e. The van der Waals surface area contributed by atoms with Crippen molar-refractivity contribution in [3.63, 3.8) is 0 Å². The molecule has 2 nitrogen and oxygen atoms in total. The van der Waals surface area contributed by atoms with Crippen LogP contribution in [-0.4, -0.2) is 13.9 Å². The third-order valence-electron chi connectivity index (χ3n) is 2.19. The third kappa shape index (κ3) is 2.32. The molecule has 0 fully saturated rings. The van der Waals surface area contributed by atoms with Gasteiger partial charge in [0.2, 0.25) is 0 Å². The first kappa shape index (κ1) is 11.7. The molecular weight excluding hydrogens is 291 g/mol. The van der Waals surface area contributed by atoms with Gasteiger partial charge in [0, 0.05) is 17.0 Å². The second kappa shape index (κ2) is 5.04. The van der Waals surface area contributed by atoms with Crippen LogP contribution in [0.2, 0.25) is 5.02 Å². The molecule has 0 aliphatic heterocycles. The van der Waals surface area contributed by atoms with Crippen LogP contribution in [-0.2, 0) is 4.74 Å². The maximum absolute atomic E-state index is 6.20. The first-order chi connectivity index (χ1) is 7.72. The van der Waals surface area contributed by atoms with Crippen molar-refractivity contribution in [3.8, 4) is 5.75 Å². The van der Waals surface area contributed by atoms with Crippen LogP contribution < -0.4 is 4.74 Å². The standard InChI is InChI=1S/C12H10BrClO2/c1-15-7-16-9-5-8-3-2-4-10(13)12(8)11(14)6-9/h2-6H,7H2,1H3. The Kier molecular flexibility index (Phi) is 3.69. The van der Waals surface area contributed by atoms with Crippen molar-refractivity contribution in [1.82, 2.24) is 0 Å². The summed E-state index contributed by atoms with van der Waals surface area (Å²) in [4.78, 5) is 0. The maximum atomic E-state index is 6.20. The zero-order valence-electron chi connectivity index (χ0n) is 8.67. The number of methoxy groups -OCH3 is 1. The molecule has 0 unspecified atom stereocenters. The van der Waals surface area contributed by atoms with Crippen molar-refractivity contribution in [2.45, 2.75) is 0 Å². The van der Waals surface area contributed by atoms with E-state index < -0.39 is 0 Å². The largest absolute Gasteiger partial charge is 0.467 e. The minimum absolute atomic E-state index is 0.218. The van der Waals surface area contributed by atoms with E-state index in [1.807, 2.05) is 24.3 Å². The highest BCUT2D eigenvalue weighted by Crippen LogP contribution is 2.34. The zero-order chi connectivity index (χ0) is 11.5. The van der Waals surface area contributed by atoms with Gasteiger partial charge in [-0.15, -0.1) is 0 Å². The molecule has 0 aliphatic rings. The normalized spacial score (nSPS) is 10.7. The van der Waals surface area contributed by atoms with Crippen LogP contribution in [0.4, 0.5) is 0 Å². The summed E-state index contributed by atoms with van der Waals surface area (Å²) in [6.07, 6.45) is 0. The van der Waals surface area contributed by atoms with Crippen molar-refractivity contribution < 1.29 is 9.47 Å². The summed E-state index contributed by atoms with van der Waals surface area (Å²) in [5, 5.41) is 2.69. The SMILES string of the molecule is COCOc1cc(Cl)c2c(Br)cccc2c1. The molecule has 0 aromatic heterocycles. The van der Waals surface area contributed by atoms with Crippen LogP contribution in [0.1, 0.15) is 0 Å². The maximum Gasteiger partial charge on any atom is 0.188 e. The molecule has 2 rings (SSSR count). The third-order valence-corrected chi connectivity index (χ3v) is 3.15. The Balaban J connectivity index is 2.51. The summed E-state index contributed by atoms with van der Waals surface area (Å²) in [5.41, 5.74) is 0. The number of rotatable bonds is 3. The van der Waals surface area contributed by atoms with Gasteiger partial charge in [-0.05, 0) is 23.6 Å². The van der Waals surface area contributed by atoms with Gasteiger partial charge in [0.15, 0.2) is 6.79 Å². The van der Waals surface area contributed by atoms with Gasteiger partial charge in [0.25, 0.3) is 0 Å². The molecule has 0 radical (unpaired) electrons. The molecule has 0 saturated heterocycles. The first-order valence-electron chi connectivity index (χ1n) is 4.72. The second-order valence-electron chi connectivity index (χ2n) is 3.29. The predicted molar refractivity (Wildman–Crippen MR) is 69.2 cm³/mol. The molecule has 0 N–H and O–H groups in total. The van der Waals surface area contributed by atoms with E-state index in [-0.39, 0.29) is 6.79 Å². The highest BCUT2D eigenvalue weighted by molar-refractivity contribution is 9.10. The summed E-state index contributed by atoms with van der Waals surface area (Å²) in [5.74, 6) is 0.706. The van der Waals surface area contributed by atoms with Crippen LogP contribution in [0.5, 0.6) is 5.75 Å². The Bertz CT molecular complexity index is 514. The molecule has 84 valence electrons. The average Bonchev–Trinajstić information content (AvgIpc) is 2.26.